The highest BCUT2D eigenvalue weighted by Gasteiger charge is 2.38. The lowest BCUT2D eigenvalue weighted by molar-refractivity contribution is -0.136. The van der Waals surface area contributed by atoms with E-state index >= 15 is 0 Å². The minimum Gasteiger partial charge on any atom is -0.368 e. The van der Waals surface area contributed by atoms with Gasteiger partial charge in [0.1, 0.15) is 11.6 Å². The van der Waals surface area contributed by atoms with E-state index in [1.807, 2.05) is 0 Å². The van der Waals surface area contributed by atoms with E-state index in [9.17, 15) is 18.4 Å². The summed E-state index contributed by atoms with van der Waals surface area (Å²) in [6, 6.07) is 12.4. The molecule has 0 aliphatic carbocycles. The molecule has 2 aromatic rings. The number of nitrogens with zero attached hydrogens (tertiary/aromatic N) is 3. The second kappa shape index (κ2) is 7.58. The number of para-hydroxylation sites is 1. The van der Waals surface area contributed by atoms with Crippen molar-refractivity contribution in [1.82, 2.24) is 4.90 Å². The SMILES string of the molecule is O=C(C1CC(=O)N(c2ccccc2F)C1)N1CCN(c2ccc(F)cc2)CC1. The Morgan fingerprint density at radius 1 is 0.929 bits per heavy atom. The summed E-state index contributed by atoms with van der Waals surface area (Å²) in [6.07, 6.45) is 0.103. The third-order valence-corrected chi connectivity index (χ3v) is 5.40. The first-order valence-corrected chi connectivity index (χ1v) is 9.37. The highest BCUT2D eigenvalue weighted by atomic mass is 19.1. The Hall–Kier alpha value is -2.96. The van der Waals surface area contributed by atoms with E-state index in [0.717, 1.165) is 5.69 Å². The maximum Gasteiger partial charge on any atom is 0.228 e. The first-order chi connectivity index (χ1) is 13.5. The van der Waals surface area contributed by atoms with Gasteiger partial charge in [-0.15, -0.1) is 0 Å². The number of hydrogen-bond acceptors (Lipinski definition) is 3. The largest absolute Gasteiger partial charge is 0.368 e. The average Bonchev–Trinajstić information content (AvgIpc) is 3.10. The maximum absolute atomic E-state index is 14.0. The molecule has 0 radical (unpaired) electrons. The second-order valence-electron chi connectivity index (χ2n) is 7.15. The molecule has 5 nitrogen and oxygen atoms in total. The van der Waals surface area contributed by atoms with Gasteiger partial charge >= 0.3 is 0 Å². The van der Waals surface area contributed by atoms with Gasteiger partial charge in [-0.2, -0.15) is 0 Å². The summed E-state index contributed by atoms with van der Waals surface area (Å²) in [5.74, 6) is -1.48. The van der Waals surface area contributed by atoms with E-state index in [4.69, 9.17) is 0 Å². The van der Waals surface area contributed by atoms with Crippen LogP contribution in [0.15, 0.2) is 48.5 Å². The van der Waals surface area contributed by atoms with E-state index in [2.05, 4.69) is 4.90 Å². The normalized spacial score (nSPS) is 20.0. The molecule has 2 amide bonds. The molecule has 1 atom stereocenters. The van der Waals surface area contributed by atoms with Gasteiger partial charge in [-0.05, 0) is 36.4 Å². The zero-order valence-corrected chi connectivity index (χ0v) is 15.4. The molecular weight excluding hydrogens is 364 g/mol. The highest BCUT2D eigenvalue weighted by molar-refractivity contribution is 6.00. The van der Waals surface area contributed by atoms with Crippen LogP contribution in [0.1, 0.15) is 6.42 Å². The summed E-state index contributed by atoms with van der Waals surface area (Å²) in [4.78, 5) is 30.5. The fourth-order valence-corrected chi connectivity index (χ4v) is 3.87. The van der Waals surface area contributed by atoms with Crippen molar-refractivity contribution in [3.63, 3.8) is 0 Å². The lowest BCUT2D eigenvalue weighted by Gasteiger charge is -2.37. The van der Waals surface area contributed by atoms with Gasteiger partial charge in [0.15, 0.2) is 0 Å². The van der Waals surface area contributed by atoms with Crippen LogP contribution in [0.4, 0.5) is 20.2 Å². The van der Waals surface area contributed by atoms with Crippen LogP contribution in [-0.2, 0) is 9.59 Å². The summed E-state index contributed by atoms with van der Waals surface area (Å²) in [5, 5.41) is 0. The molecule has 1 unspecified atom stereocenters. The molecule has 28 heavy (non-hydrogen) atoms. The Morgan fingerprint density at radius 3 is 2.29 bits per heavy atom. The monoisotopic (exact) mass is 385 g/mol. The van der Waals surface area contributed by atoms with Crippen molar-refractivity contribution in [1.29, 1.82) is 0 Å². The topological polar surface area (TPSA) is 43.9 Å². The van der Waals surface area contributed by atoms with Gasteiger partial charge in [0.05, 0.1) is 11.6 Å². The molecule has 0 N–H and O–H groups in total. The van der Waals surface area contributed by atoms with Crippen LogP contribution in [0.3, 0.4) is 0 Å². The minimum absolute atomic E-state index is 0.0639. The molecular formula is C21H21F2N3O2. The number of anilines is 2. The van der Waals surface area contributed by atoms with E-state index in [-0.39, 0.29) is 36.3 Å². The van der Waals surface area contributed by atoms with Crippen molar-refractivity contribution >= 4 is 23.2 Å². The predicted octanol–water partition coefficient (Wildman–Crippen LogP) is 2.67. The van der Waals surface area contributed by atoms with Crippen molar-refractivity contribution in [2.75, 3.05) is 42.5 Å². The molecule has 4 rings (SSSR count). The molecule has 2 heterocycles. The number of hydrogen-bond donors (Lipinski definition) is 0. The van der Waals surface area contributed by atoms with E-state index in [1.54, 1.807) is 35.2 Å². The molecule has 0 spiro atoms. The number of rotatable bonds is 3. The van der Waals surface area contributed by atoms with E-state index < -0.39 is 11.7 Å². The summed E-state index contributed by atoms with van der Waals surface area (Å²) >= 11 is 0. The molecule has 2 aliphatic rings. The molecule has 146 valence electrons. The highest BCUT2D eigenvalue weighted by Crippen LogP contribution is 2.28. The number of carbonyl (C=O) groups excluding carboxylic acids is 2. The second-order valence-corrected chi connectivity index (χ2v) is 7.15. The first kappa shape index (κ1) is 18.4. The van der Waals surface area contributed by atoms with Crippen molar-refractivity contribution in [2.24, 2.45) is 5.92 Å². The average molecular weight is 385 g/mol. The summed E-state index contributed by atoms with van der Waals surface area (Å²) in [7, 11) is 0. The molecule has 2 aliphatic heterocycles. The molecule has 0 aromatic heterocycles. The van der Waals surface area contributed by atoms with Crippen LogP contribution < -0.4 is 9.80 Å². The smallest absolute Gasteiger partial charge is 0.228 e. The molecule has 2 fully saturated rings. The molecule has 0 bridgehead atoms. The first-order valence-electron chi connectivity index (χ1n) is 9.37. The number of carbonyl (C=O) groups is 2. The Morgan fingerprint density at radius 2 is 1.61 bits per heavy atom. The Labute approximate surface area is 162 Å². The van der Waals surface area contributed by atoms with Crippen LogP contribution in [-0.4, -0.2) is 49.4 Å². The molecule has 2 aromatic carbocycles. The summed E-state index contributed by atoms with van der Waals surface area (Å²) < 4.78 is 27.1. The van der Waals surface area contributed by atoms with Gasteiger partial charge in [-0.1, -0.05) is 12.1 Å². The third kappa shape index (κ3) is 3.56. The lowest BCUT2D eigenvalue weighted by atomic mass is 10.1. The maximum atomic E-state index is 14.0. The Balaban J connectivity index is 1.37. The van der Waals surface area contributed by atoms with Gasteiger partial charge in [0, 0.05) is 44.8 Å². The van der Waals surface area contributed by atoms with Gasteiger partial charge < -0.3 is 14.7 Å². The van der Waals surface area contributed by atoms with Crippen molar-refractivity contribution in [3.05, 3.63) is 60.2 Å². The van der Waals surface area contributed by atoms with Crippen molar-refractivity contribution in [3.8, 4) is 0 Å². The molecule has 0 saturated carbocycles. The Kier molecular flexibility index (Phi) is 4.98. The van der Waals surface area contributed by atoms with E-state index in [1.165, 1.54) is 23.1 Å². The number of piperazine rings is 1. The fourth-order valence-electron chi connectivity index (χ4n) is 3.87. The minimum atomic E-state index is -0.461. The van der Waals surface area contributed by atoms with Crippen LogP contribution in [0.5, 0.6) is 0 Å². The standard InChI is InChI=1S/C21H21F2N3O2/c22-16-5-7-17(8-6-16)24-9-11-25(12-10-24)21(28)15-13-20(27)26(14-15)19-4-2-1-3-18(19)23/h1-8,15H,9-14H2. The number of halogens is 2. The third-order valence-electron chi connectivity index (χ3n) is 5.40. The Bertz CT molecular complexity index is 879. The van der Waals surface area contributed by atoms with Crippen LogP contribution >= 0.6 is 0 Å². The van der Waals surface area contributed by atoms with Gasteiger partial charge in [-0.3, -0.25) is 9.59 Å². The van der Waals surface area contributed by atoms with E-state index in [0.29, 0.717) is 26.2 Å². The predicted molar refractivity (Wildman–Crippen MR) is 102 cm³/mol. The van der Waals surface area contributed by atoms with Gasteiger partial charge in [0.25, 0.3) is 0 Å². The van der Waals surface area contributed by atoms with Crippen LogP contribution in [0.25, 0.3) is 0 Å². The summed E-state index contributed by atoms with van der Waals surface area (Å²) in [5.41, 5.74) is 1.15. The van der Waals surface area contributed by atoms with Gasteiger partial charge in [0.2, 0.25) is 11.8 Å². The van der Waals surface area contributed by atoms with Crippen molar-refractivity contribution in [2.45, 2.75) is 6.42 Å². The van der Waals surface area contributed by atoms with Crippen LogP contribution in [0.2, 0.25) is 0 Å². The van der Waals surface area contributed by atoms with Crippen molar-refractivity contribution < 1.29 is 18.4 Å². The lowest BCUT2D eigenvalue weighted by Crippen LogP contribution is -2.50. The zero-order valence-electron chi connectivity index (χ0n) is 15.4. The molecule has 2 saturated heterocycles. The number of amides is 2. The zero-order chi connectivity index (χ0) is 19.7. The van der Waals surface area contributed by atoms with Gasteiger partial charge in [-0.25, -0.2) is 8.78 Å². The fraction of sp³-hybridized carbons (Fsp3) is 0.333. The quantitative estimate of drug-likeness (QED) is 0.816. The van der Waals surface area contributed by atoms with Crippen LogP contribution in [0, 0.1) is 17.6 Å². The number of benzene rings is 2. The summed E-state index contributed by atoms with van der Waals surface area (Å²) in [6.45, 7) is 2.59. The molecule has 7 heteroatoms.